The zero-order chi connectivity index (χ0) is 12.3. The highest BCUT2D eigenvalue weighted by atomic mass is 32.2. The summed E-state index contributed by atoms with van der Waals surface area (Å²) in [6, 6.07) is 7.49. The summed E-state index contributed by atoms with van der Waals surface area (Å²) in [5.74, 6) is 0. The number of nitrogens with zero attached hydrogens (tertiary/aromatic N) is 4. The molecule has 0 aliphatic carbocycles. The fourth-order valence-electron chi connectivity index (χ4n) is 1.38. The smallest absolute Gasteiger partial charge is 0.194 e. The predicted octanol–water partition coefficient (Wildman–Crippen LogP) is 2.51. The molecule has 17 heavy (non-hydrogen) atoms. The lowest BCUT2D eigenvalue weighted by Crippen LogP contribution is -1.94. The van der Waals surface area contributed by atoms with E-state index in [-0.39, 0.29) is 0 Å². The number of nitriles is 1. The average Bonchev–Trinajstić information content (AvgIpc) is 2.28. The van der Waals surface area contributed by atoms with Gasteiger partial charge in [-0.25, -0.2) is 15.0 Å². The van der Waals surface area contributed by atoms with Gasteiger partial charge in [0.2, 0.25) is 0 Å². The van der Waals surface area contributed by atoms with Crippen molar-refractivity contribution >= 4 is 11.8 Å². The van der Waals surface area contributed by atoms with Crippen LogP contribution >= 0.6 is 11.8 Å². The summed E-state index contributed by atoms with van der Waals surface area (Å²) in [6.07, 6.45) is 1.66. The van der Waals surface area contributed by atoms with E-state index in [1.807, 2.05) is 19.9 Å². The van der Waals surface area contributed by atoms with Gasteiger partial charge in [-0.1, -0.05) is 0 Å². The normalized spacial score (nSPS) is 9.94. The lowest BCUT2D eigenvalue weighted by Gasteiger charge is -2.03. The first-order valence-electron chi connectivity index (χ1n) is 5.04. The number of pyridine rings is 1. The van der Waals surface area contributed by atoms with Crippen molar-refractivity contribution in [2.24, 2.45) is 0 Å². The van der Waals surface area contributed by atoms with Crippen LogP contribution in [0.2, 0.25) is 0 Å². The molecule has 0 spiro atoms. The Kier molecular flexibility index (Phi) is 3.35. The van der Waals surface area contributed by atoms with Gasteiger partial charge < -0.3 is 0 Å². The quantitative estimate of drug-likeness (QED) is 0.757. The number of aromatic nitrogens is 3. The lowest BCUT2D eigenvalue weighted by molar-refractivity contribution is 0.898. The van der Waals surface area contributed by atoms with Crippen LogP contribution in [0.15, 0.2) is 34.6 Å². The van der Waals surface area contributed by atoms with Gasteiger partial charge in [-0.3, -0.25) is 0 Å². The number of hydrogen-bond acceptors (Lipinski definition) is 5. The Balaban J connectivity index is 2.35. The van der Waals surface area contributed by atoms with Crippen molar-refractivity contribution in [1.82, 2.24) is 15.0 Å². The van der Waals surface area contributed by atoms with Gasteiger partial charge in [0.15, 0.2) is 5.16 Å². The number of aryl methyl sites for hydroxylation is 2. The molecule has 0 fully saturated rings. The Bertz CT molecular complexity index is 569. The van der Waals surface area contributed by atoms with Crippen LogP contribution in [-0.2, 0) is 0 Å². The second kappa shape index (κ2) is 4.93. The van der Waals surface area contributed by atoms with Crippen LogP contribution in [0.5, 0.6) is 0 Å². The van der Waals surface area contributed by atoms with Crippen LogP contribution in [0, 0.1) is 25.2 Å². The first kappa shape index (κ1) is 11.6. The highest BCUT2D eigenvalue weighted by Crippen LogP contribution is 2.25. The summed E-state index contributed by atoms with van der Waals surface area (Å²) in [5.41, 5.74) is 2.36. The van der Waals surface area contributed by atoms with Gasteiger partial charge >= 0.3 is 0 Å². The largest absolute Gasteiger partial charge is 0.248 e. The fourth-order valence-corrected chi connectivity index (χ4v) is 2.27. The van der Waals surface area contributed by atoms with E-state index >= 15 is 0 Å². The topological polar surface area (TPSA) is 62.5 Å². The third-order valence-corrected chi connectivity index (χ3v) is 2.93. The van der Waals surface area contributed by atoms with Crippen molar-refractivity contribution in [3.63, 3.8) is 0 Å². The van der Waals surface area contributed by atoms with Crippen molar-refractivity contribution in [3.05, 3.63) is 41.3 Å². The highest BCUT2D eigenvalue weighted by molar-refractivity contribution is 7.99. The molecule has 4 nitrogen and oxygen atoms in total. The van der Waals surface area contributed by atoms with Crippen LogP contribution in [0.1, 0.15) is 17.0 Å². The monoisotopic (exact) mass is 242 g/mol. The molecule has 0 atom stereocenters. The Labute approximate surface area is 104 Å². The average molecular weight is 242 g/mol. The van der Waals surface area contributed by atoms with Gasteiger partial charge in [-0.05, 0) is 43.8 Å². The van der Waals surface area contributed by atoms with E-state index in [2.05, 4.69) is 21.0 Å². The first-order chi connectivity index (χ1) is 8.19. The van der Waals surface area contributed by atoms with Gasteiger partial charge in [0.1, 0.15) is 11.1 Å². The van der Waals surface area contributed by atoms with E-state index in [0.29, 0.717) is 15.7 Å². The minimum Gasteiger partial charge on any atom is -0.248 e. The Morgan fingerprint density at radius 3 is 2.59 bits per heavy atom. The summed E-state index contributed by atoms with van der Waals surface area (Å²) in [4.78, 5) is 12.8. The maximum atomic E-state index is 8.96. The van der Waals surface area contributed by atoms with Crippen LogP contribution in [0.4, 0.5) is 0 Å². The molecule has 0 amide bonds. The van der Waals surface area contributed by atoms with Gasteiger partial charge in [0.05, 0.1) is 5.56 Å². The number of hydrogen-bond donors (Lipinski definition) is 0. The van der Waals surface area contributed by atoms with Crippen molar-refractivity contribution in [2.75, 3.05) is 0 Å². The van der Waals surface area contributed by atoms with Crippen molar-refractivity contribution in [2.45, 2.75) is 24.0 Å². The van der Waals surface area contributed by atoms with Gasteiger partial charge in [-0.2, -0.15) is 5.26 Å². The summed E-state index contributed by atoms with van der Waals surface area (Å²) in [5, 5.41) is 10.2. The van der Waals surface area contributed by atoms with E-state index in [0.717, 1.165) is 11.4 Å². The van der Waals surface area contributed by atoms with Crippen LogP contribution < -0.4 is 0 Å². The minimum absolute atomic E-state index is 0.542. The number of rotatable bonds is 2. The Morgan fingerprint density at radius 2 is 1.94 bits per heavy atom. The molecule has 0 radical (unpaired) electrons. The third kappa shape index (κ3) is 2.80. The molecule has 0 saturated carbocycles. The molecular formula is C12H10N4S. The van der Waals surface area contributed by atoms with Gasteiger partial charge in [0.25, 0.3) is 0 Å². The Morgan fingerprint density at radius 1 is 1.24 bits per heavy atom. The summed E-state index contributed by atoms with van der Waals surface area (Å²) in [6.45, 7) is 3.84. The summed E-state index contributed by atoms with van der Waals surface area (Å²) >= 11 is 1.31. The SMILES string of the molecule is Cc1cc(C)nc(Sc2ncccc2C#N)n1. The molecule has 0 aromatic carbocycles. The molecule has 84 valence electrons. The molecule has 2 aromatic rings. The van der Waals surface area contributed by atoms with E-state index in [4.69, 9.17) is 5.26 Å². The third-order valence-electron chi connectivity index (χ3n) is 2.04. The lowest BCUT2D eigenvalue weighted by atomic mass is 10.3. The molecule has 0 N–H and O–H groups in total. The van der Waals surface area contributed by atoms with E-state index in [9.17, 15) is 0 Å². The summed E-state index contributed by atoms with van der Waals surface area (Å²) in [7, 11) is 0. The fraction of sp³-hybridized carbons (Fsp3) is 0.167. The van der Waals surface area contributed by atoms with E-state index < -0.39 is 0 Å². The maximum Gasteiger partial charge on any atom is 0.194 e. The van der Waals surface area contributed by atoms with Gasteiger partial charge in [-0.15, -0.1) is 0 Å². The minimum atomic E-state index is 0.542. The predicted molar refractivity (Wildman–Crippen MR) is 64.6 cm³/mol. The van der Waals surface area contributed by atoms with E-state index in [1.165, 1.54) is 11.8 Å². The van der Waals surface area contributed by atoms with Crippen LogP contribution in [0.25, 0.3) is 0 Å². The van der Waals surface area contributed by atoms with E-state index in [1.54, 1.807) is 18.3 Å². The highest BCUT2D eigenvalue weighted by Gasteiger charge is 2.07. The standard InChI is InChI=1S/C12H10N4S/c1-8-6-9(2)16-12(15-8)17-11-10(7-13)4-3-5-14-11/h3-6H,1-2H3. The second-order valence-corrected chi connectivity index (χ2v) is 4.46. The molecule has 0 aliphatic heterocycles. The second-order valence-electron chi connectivity index (χ2n) is 3.50. The molecule has 2 aromatic heterocycles. The molecular weight excluding hydrogens is 232 g/mol. The molecule has 0 aliphatic rings. The Hall–Kier alpha value is -1.93. The van der Waals surface area contributed by atoms with Crippen molar-refractivity contribution < 1.29 is 0 Å². The molecule has 0 bridgehead atoms. The van der Waals surface area contributed by atoms with Crippen LogP contribution in [-0.4, -0.2) is 15.0 Å². The molecule has 0 saturated heterocycles. The molecule has 0 unspecified atom stereocenters. The zero-order valence-corrected chi connectivity index (χ0v) is 10.3. The molecule has 5 heteroatoms. The van der Waals surface area contributed by atoms with Crippen molar-refractivity contribution in [1.29, 1.82) is 5.26 Å². The van der Waals surface area contributed by atoms with Gasteiger partial charge in [0, 0.05) is 17.6 Å². The first-order valence-corrected chi connectivity index (χ1v) is 5.86. The van der Waals surface area contributed by atoms with Crippen LogP contribution in [0.3, 0.4) is 0 Å². The summed E-state index contributed by atoms with van der Waals surface area (Å²) < 4.78 is 0. The maximum absolute atomic E-state index is 8.96. The van der Waals surface area contributed by atoms with Crippen molar-refractivity contribution in [3.8, 4) is 6.07 Å². The zero-order valence-electron chi connectivity index (χ0n) is 9.51. The molecule has 2 heterocycles. The molecule has 2 rings (SSSR count).